The zero-order chi connectivity index (χ0) is 12.8. The molecule has 1 amide bonds. The summed E-state index contributed by atoms with van der Waals surface area (Å²) in [6.45, 7) is 7.10. The molecule has 3 nitrogen and oxygen atoms in total. The summed E-state index contributed by atoms with van der Waals surface area (Å²) >= 11 is 0. The molecule has 0 aromatic heterocycles. The van der Waals surface area contributed by atoms with Crippen LogP contribution in [0.5, 0.6) is 0 Å². The lowest BCUT2D eigenvalue weighted by molar-refractivity contribution is -0.135. The number of hydrogen-bond acceptors (Lipinski definition) is 2. The fourth-order valence-electron chi connectivity index (χ4n) is 2.81. The van der Waals surface area contributed by atoms with Crippen molar-refractivity contribution in [2.75, 3.05) is 6.54 Å². The van der Waals surface area contributed by atoms with Crippen LogP contribution in [-0.4, -0.2) is 29.4 Å². The molecule has 0 spiro atoms. The van der Waals surface area contributed by atoms with Crippen LogP contribution in [0, 0.1) is 5.92 Å². The molecular formula is C14H28N2O. The summed E-state index contributed by atoms with van der Waals surface area (Å²) in [6.07, 6.45) is 6.95. The number of nitrogens with zero attached hydrogens (tertiary/aromatic N) is 1. The van der Waals surface area contributed by atoms with Crippen LogP contribution < -0.4 is 5.73 Å². The molecule has 17 heavy (non-hydrogen) atoms. The van der Waals surface area contributed by atoms with Crippen LogP contribution in [0.2, 0.25) is 0 Å². The molecule has 1 fully saturated rings. The van der Waals surface area contributed by atoms with E-state index in [1.807, 2.05) is 4.90 Å². The number of carbonyl (C=O) groups excluding carboxylic acids is 1. The van der Waals surface area contributed by atoms with Crippen molar-refractivity contribution in [3.05, 3.63) is 0 Å². The summed E-state index contributed by atoms with van der Waals surface area (Å²) in [7, 11) is 0. The Balaban J connectivity index is 2.55. The second kappa shape index (κ2) is 7.00. The number of carbonyl (C=O) groups is 1. The van der Waals surface area contributed by atoms with E-state index >= 15 is 0 Å². The molecule has 1 unspecified atom stereocenters. The smallest absolute Gasteiger partial charge is 0.239 e. The van der Waals surface area contributed by atoms with Gasteiger partial charge in [0.05, 0.1) is 6.04 Å². The number of amides is 1. The predicted octanol–water partition coefficient (Wildman–Crippen LogP) is 2.54. The highest BCUT2D eigenvalue weighted by Crippen LogP contribution is 2.23. The Morgan fingerprint density at radius 3 is 2.35 bits per heavy atom. The van der Waals surface area contributed by atoms with Crippen molar-refractivity contribution >= 4 is 5.91 Å². The molecule has 0 heterocycles. The van der Waals surface area contributed by atoms with Gasteiger partial charge in [-0.2, -0.15) is 0 Å². The molecule has 0 aliphatic heterocycles. The van der Waals surface area contributed by atoms with Gasteiger partial charge < -0.3 is 10.6 Å². The second-order valence-corrected chi connectivity index (χ2v) is 5.65. The molecule has 1 saturated carbocycles. The highest BCUT2D eigenvalue weighted by Gasteiger charge is 2.27. The SMILES string of the molecule is CCN(C(=O)C(N)CC(C)C)C1CCCCC1. The number of rotatable bonds is 5. The number of hydrogen-bond donors (Lipinski definition) is 1. The Morgan fingerprint density at radius 2 is 1.88 bits per heavy atom. The summed E-state index contributed by atoms with van der Waals surface area (Å²) < 4.78 is 0. The molecule has 100 valence electrons. The molecule has 1 atom stereocenters. The van der Waals surface area contributed by atoms with E-state index in [2.05, 4.69) is 20.8 Å². The molecule has 0 radical (unpaired) electrons. The zero-order valence-electron chi connectivity index (χ0n) is 11.6. The maximum atomic E-state index is 12.3. The Labute approximate surface area is 106 Å². The molecule has 0 aromatic carbocycles. The van der Waals surface area contributed by atoms with Gasteiger partial charge in [0.25, 0.3) is 0 Å². The largest absolute Gasteiger partial charge is 0.339 e. The molecule has 1 rings (SSSR count). The van der Waals surface area contributed by atoms with Gasteiger partial charge in [-0.3, -0.25) is 4.79 Å². The number of likely N-dealkylation sites (N-methyl/N-ethyl adjacent to an activating group) is 1. The van der Waals surface area contributed by atoms with Gasteiger partial charge in [-0.1, -0.05) is 33.1 Å². The van der Waals surface area contributed by atoms with Gasteiger partial charge in [0.2, 0.25) is 5.91 Å². The zero-order valence-corrected chi connectivity index (χ0v) is 11.6. The number of nitrogens with two attached hydrogens (primary N) is 1. The molecular weight excluding hydrogens is 212 g/mol. The van der Waals surface area contributed by atoms with E-state index in [1.165, 1.54) is 19.3 Å². The van der Waals surface area contributed by atoms with Crippen molar-refractivity contribution in [2.45, 2.75) is 71.4 Å². The minimum Gasteiger partial charge on any atom is -0.339 e. The lowest BCUT2D eigenvalue weighted by Gasteiger charge is -2.35. The third-order valence-electron chi connectivity index (χ3n) is 3.68. The first-order valence-electron chi connectivity index (χ1n) is 7.12. The summed E-state index contributed by atoms with van der Waals surface area (Å²) in [5.41, 5.74) is 6.01. The van der Waals surface area contributed by atoms with Crippen LogP contribution in [0.4, 0.5) is 0 Å². The summed E-state index contributed by atoms with van der Waals surface area (Å²) in [6, 6.07) is 0.135. The molecule has 0 aromatic rings. The van der Waals surface area contributed by atoms with Crippen molar-refractivity contribution in [1.29, 1.82) is 0 Å². The monoisotopic (exact) mass is 240 g/mol. The molecule has 3 heteroatoms. The fourth-order valence-corrected chi connectivity index (χ4v) is 2.81. The highest BCUT2D eigenvalue weighted by molar-refractivity contribution is 5.81. The average molecular weight is 240 g/mol. The van der Waals surface area contributed by atoms with Crippen LogP contribution >= 0.6 is 0 Å². The normalized spacial score (nSPS) is 19.4. The van der Waals surface area contributed by atoms with E-state index in [0.29, 0.717) is 12.0 Å². The van der Waals surface area contributed by atoms with Gasteiger partial charge in [-0.05, 0) is 32.1 Å². The van der Waals surface area contributed by atoms with Crippen molar-refractivity contribution < 1.29 is 4.79 Å². The van der Waals surface area contributed by atoms with Gasteiger partial charge >= 0.3 is 0 Å². The van der Waals surface area contributed by atoms with Gasteiger partial charge in [0.15, 0.2) is 0 Å². The predicted molar refractivity (Wildman–Crippen MR) is 71.7 cm³/mol. The summed E-state index contributed by atoms with van der Waals surface area (Å²) in [5, 5.41) is 0. The van der Waals surface area contributed by atoms with E-state index in [-0.39, 0.29) is 11.9 Å². The van der Waals surface area contributed by atoms with E-state index in [9.17, 15) is 4.79 Å². The maximum absolute atomic E-state index is 12.3. The van der Waals surface area contributed by atoms with E-state index < -0.39 is 0 Å². The van der Waals surface area contributed by atoms with Crippen LogP contribution in [0.3, 0.4) is 0 Å². The van der Waals surface area contributed by atoms with Gasteiger partial charge in [0.1, 0.15) is 0 Å². The topological polar surface area (TPSA) is 46.3 Å². The van der Waals surface area contributed by atoms with Crippen LogP contribution in [-0.2, 0) is 4.79 Å². The van der Waals surface area contributed by atoms with Crippen molar-refractivity contribution in [3.63, 3.8) is 0 Å². The molecule has 1 aliphatic rings. The Morgan fingerprint density at radius 1 is 1.29 bits per heavy atom. The standard InChI is InChI=1S/C14H28N2O/c1-4-16(12-8-6-5-7-9-12)14(17)13(15)10-11(2)3/h11-13H,4-10,15H2,1-3H3. The highest BCUT2D eigenvalue weighted by atomic mass is 16.2. The fraction of sp³-hybridized carbons (Fsp3) is 0.929. The Hall–Kier alpha value is -0.570. The van der Waals surface area contributed by atoms with E-state index in [1.54, 1.807) is 0 Å². The molecule has 2 N–H and O–H groups in total. The minimum atomic E-state index is -0.308. The summed E-state index contributed by atoms with van der Waals surface area (Å²) in [5.74, 6) is 0.645. The Bertz CT molecular complexity index is 234. The summed E-state index contributed by atoms with van der Waals surface area (Å²) in [4.78, 5) is 14.3. The van der Waals surface area contributed by atoms with Crippen molar-refractivity contribution in [2.24, 2.45) is 11.7 Å². The first kappa shape index (κ1) is 14.5. The van der Waals surface area contributed by atoms with Gasteiger partial charge in [-0.15, -0.1) is 0 Å². The van der Waals surface area contributed by atoms with Gasteiger partial charge in [0, 0.05) is 12.6 Å². The molecule has 0 saturated heterocycles. The van der Waals surface area contributed by atoms with Gasteiger partial charge in [-0.25, -0.2) is 0 Å². The maximum Gasteiger partial charge on any atom is 0.239 e. The van der Waals surface area contributed by atoms with Crippen LogP contribution in [0.15, 0.2) is 0 Å². The lowest BCUT2D eigenvalue weighted by Crippen LogP contribution is -2.49. The van der Waals surface area contributed by atoms with Crippen molar-refractivity contribution in [3.8, 4) is 0 Å². The first-order chi connectivity index (χ1) is 8.06. The second-order valence-electron chi connectivity index (χ2n) is 5.65. The van der Waals surface area contributed by atoms with Crippen LogP contribution in [0.25, 0.3) is 0 Å². The third-order valence-corrected chi connectivity index (χ3v) is 3.68. The van der Waals surface area contributed by atoms with Crippen molar-refractivity contribution in [1.82, 2.24) is 4.90 Å². The van der Waals surface area contributed by atoms with Crippen LogP contribution in [0.1, 0.15) is 59.3 Å². The molecule has 1 aliphatic carbocycles. The first-order valence-corrected chi connectivity index (χ1v) is 7.12. The average Bonchev–Trinajstić information content (AvgIpc) is 2.30. The lowest BCUT2D eigenvalue weighted by atomic mass is 9.93. The molecule has 0 bridgehead atoms. The minimum absolute atomic E-state index is 0.160. The van der Waals surface area contributed by atoms with E-state index in [4.69, 9.17) is 5.73 Å². The Kier molecular flexibility index (Phi) is 5.96. The van der Waals surface area contributed by atoms with E-state index in [0.717, 1.165) is 25.8 Å². The third kappa shape index (κ3) is 4.30. The quantitative estimate of drug-likeness (QED) is 0.802.